The van der Waals surface area contributed by atoms with E-state index in [4.69, 9.17) is 0 Å². The Hall–Kier alpha value is -8.98. The number of nitrogens with zero attached hydrogens (tertiary/aromatic N) is 2. The summed E-state index contributed by atoms with van der Waals surface area (Å²) in [5.74, 6) is 0.319. The van der Waals surface area contributed by atoms with Gasteiger partial charge in [-0.05, 0) is 152 Å². The first-order valence-electron chi connectivity index (χ1n) is 27.4. The van der Waals surface area contributed by atoms with Gasteiger partial charge in [0.2, 0.25) is 0 Å². The molecule has 1 aromatic heterocycles. The summed E-state index contributed by atoms with van der Waals surface area (Å²) >= 11 is 0. The monoisotopic (exact) mass is 970 g/mol. The van der Waals surface area contributed by atoms with Crippen molar-refractivity contribution in [2.45, 2.75) is 42.4 Å². The molecule has 360 valence electrons. The van der Waals surface area contributed by atoms with E-state index < -0.39 is 10.8 Å². The number of fused-ring (bicyclic) bond motifs is 19. The normalized spacial score (nSPS) is 19.4. The third-order valence-electron chi connectivity index (χ3n) is 18.1. The number of rotatable bonds is 6. The Morgan fingerprint density at radius 1 is 0.474 bits per heavy atom. The zero-order valence-corrected chi connectivity index (χ0v) is 42.3. The summed E-state index contributed by atoms with van der Waals surface area (Å²) < 4.78 is 2.55. The number of hydrogen-bond acceptors (Lipinski definition) is 1. The van der Waals surface area contributed by atoms with Crippen LogP contribution in [0.25, 0.3) is 50.5 Å². The second kappa shape index (κ2) is 16.8. The highest BCUT2D eigenvalue weighted by Gasteiger charge is 2.62. The number of allylic oxidation sites excluding steroid dienone is 9. The van der Waals surface area contributed by atoms with E-state index in [2.05, 4.69) is 276 Å². The fraction of sp³-hybridized carbons (Fsp3) is 0.108. The molecule has 0 amide bonds. The molecule has 2 heteroatoms. The van der Waals surface area contributed by atoms with Crippen molar-refractivity contribution in [2.24, 2.45) is 5.92 Å². The highest BCUT2D eigenvalue weighted by atomic mass is 15.1. The van der Waals surface area contributed by atoms with Crippen LogP contribution in [0.15, 0.2) is 261 Å². The molecular weight excluding hydrogens is 917 g/mol. The van der Waals surface area contributed by atoms with E-state index in [0.29, 0.717) is 0 Å². The van der Waals surface area contributed by atoms with Gasteiger partial charge in [-0.2, -0.15) is 0 Å². The van der Waals surface area contributed by atoms with Gasteiger partial charge in [0.25, 0.3) is 0 Å². The van der Waals surface area contributed by atoms with Crippen molar-refractivity contribution in [1.29, 1.82) is 0 Å². The van der Waals surface area contributed by atoms with E-state index in [1.807, 2.05) is 0 Å². The summed E-state index contributed by atoms with van der Waals surface area (Å²) in [6.07, 6.45) is 25.3. The summed E-state index contributed by atoms with van der Waals surface area (Å²) in [5.41, 5.74) is 26.2. The van der Waals surface area contributed by atoms with Gasteiger partial charge in [0.05, 0.1) is 22.0 Å². The van der Waals surface area contributed by atoms with Crippen LogP contribution in [-0.4, -0.2) is 4.57 Å². The van der Waals surface area contributed by atoms with Crippen molar-refractivity contribution in [2.75, 3.05) is 4.90 Å². The molecule has 6 aliphatic carbocycles. The van der Waals surface area contributed by atoms with Crippen molar-refractivity contribution < 1.29 is 0 Å². The van der Waals surface area contributed by atoms with Crippen LogP contribution in [0.1, 0.15) is 86.5 Å². The van der Waals surface area contributed by atoms with Crippen LogP contribution in [0.4, 0.5) is 17.1 Å². The zero-order valence-electron chi connectivity index (χ0n) is 42.3. The first-order valence-corrected chi connectivity index (χ1v) is 27.4. The van der Waals surface area contributed by atoms with Gasteiger partial charge in [0, 0.05) is 45.5 Å². The molecule has 2 nitrogen and oxygen atoms in total. The molecule has 9 aromatic carbocycles. The maximum atomic E-state index is 2.62. The van der Waals surface area contributed by atoms with E-state index in [1.165, 1.54) is 111 Å². The fourth-order valence-corrected chi connectivity index (χ4v) is 15.1. The van der Waals surface area contributed by atoms with Gasteiger partial charge in [-0.1, -0.05) is 218 Å². The quantitative estimate of drug-likeness (QED) is 0.161. The van der Waals surface area contributed by atoms with Crippen molar-refractivity contribution in [1.82, 2.24) is 4.57 Å². The van der Waals surface area contributed by atoms with E-state index in [-0.39, 0.29) is 11.8 Å². The molecular formula is C74H54N2. The van der Waals surface area contributed by atoms with Crippen LogP contribution in [0.3, 0.4) is 0 Å². The van der Waals surface area contributed by atoms with Crippen LogP contribution in [0.5, 0.6) is 0 Å². The van der Waals surface area contributed by atoms with Crippen molar-refractivity contribution in [3.8, 4) is 27.9 Å². The second-order valence-electron chi connectivity index (χ2n) is 21.6. The Morgan fingerprint density at radius 3 is 1.89 bits per heavy atom. The molecule has 0 fully saturated rings. The Kier molecular flexibility index (Phi) is 9.58. The van der Waals surface area contributed by atoms with Crippen LogP contribution in [0.2, 0.25) is 0 Å². The summed E-state index contributed by atoms with van der Waals surface area (Å²) in [6.45, 7) is 0. The van der Waals surface area contributed by atoms with Gasteiger partial charge in [-0.3, -0.25) is 0 Å². The molecule has 0 saturated heterocycles. The summed E-state index contributed by atoms with van der Waals surface area (Å²) in [5, 5.41) is 1.27. The van der Waals surface area contributed by atoms with E-state index in [9.17, 15) is 0 Å². The highest BCUT2D eigenvalue weighted by Crippen LogP contribution is 2.70. The van der Waals surface area contributed by atoms with Crippen LogP contribution in [0, 0.1) is 5.92 Å². The lowest BCUT2D eigenvalue weighted by atomic mass is 9.50. The standard InChI is InChI=1S/C74H54N2/c1-3-20-49(21-4-1)51-38-42-53(43-39-51)75(55-46-47-70-61(48-55)60-28-11-18-36-69(60)76(70)54-44-40-52(41-45-54)50-22-5-2-6-23-50)71-37-19-35-68-72(71)74(64-31-14-9-26-58(64)59-27-10-15-32-65(59)74)67-34-17-16-33-66(67)73(68)62-29-12-7-24-56(62)57-25-8-13-30-63(57)73/h1-5,7-17,19-22,24-35,37-48,58,64H,6,18,23,36H2. The molecule has 10 aromatic rings. The molecule has 0 N–H and O–H groups in total. The first-order chi connectivity index (χ1) is 37.7. The Bertz CT molecular complexity index is 4130. The van der Waals surface area contributed by atoms with Crippen molar-refractivity contribution in [3.05, 3.63) is 322 Å². The number of anilines is 3. The summed E-state index contributed by atoms with van der Waals surface area (Å²) in [6, 6.07) is 81.6. The van der Waals surface area contributed by atoms with Gasteiger partial charge >= 0.3 is 0 Å². The number of hydrogen-bond donors (Lipinski definition) is 0. The summed E-state index contributed by atoms with van der Waals surface area (Å²) in [4.78, 5) is 2.62. The fourth-order valence-electron chi connectivity index (χ4n) is 15.1. The topological polar surface area (TPSA) is 8.17 Å². The van der Waals surface area contributed by atoms with Crippen molar-refractivity contribution in [3.63, 3.8) is 0 Å². The molecule has 3 atom stereocenters. The van der Waals surface area contributed by atoms with Gasteiger partial charge in [0.15, 0.2) is 0 Å². The van der Waals surface area contributed by atoms with E-state index in [1.54, 1.807) is 0 Å². The Labute approximate surface area is 445 Å². The van der Waals surface area contributed by atoms with Gasteiger partial charge in [-0.15, -0.1) is 0 Å². The predicted molar refractivity (Wildman–Crippen MR) is 315 cm³/mol. The molecule has 0 aliphatic heterocycles. The minimum absolute atomic E-state index is 0.119. The van der Waals surface area contributed by atoms with Crippen LogP contribution < -0.4 is 4.90 Å². The third kappa shape index (κ3) is 5.93. The van der Waals surface area contributed by atoms with Crippen molar-refractivity contribution >= 4 is 39.6 Å². The molecule has 0 saturated carbocycles. The predicted octanol–water partition coefficient (Wildman–Crippen LogP) is 18.3. The second-order valence-corrected chi connectivity index (χ2v) is 21.6. The van der Waals surface area contributed by atoms with Gasteiger partial charge < -0.3 is 9.47 Å². The molecule has 1 heterocycles. The Morgan fingerprint density at radius 2 is 1.12 bits per heavy atom. The Balaban J connectivity index is 1.00. The molecule has 6 aliphatic rings. The zero-order chi connectivity index (χ0) is 50.0. The molecule has 2 spiro atoms. The average Bonchev–Trinajstić information content (AvgIpc) is 4.29. The first kappa shape index (κ1) is 43.4. The van der Waals surface area contributed by atoms with E-state index in [0.717, 1.165) is 37.1 Å². The maximum Gasteiger partial charge on any atom is 0.0720 e. The SMILES string of the molecule is C1=CCCC(c2ccc(-n3c4c(c5cc(N(c6ccc(-c7ccccc7)cc6)c6cccc7c6C6(c8ccccc8C8C=CC=CC86)c6ccccc6C76c7ccccc7-c7ccccc76)ccc53)C=CCC4)cc2)=C1. The molecule has 0 radical (unpaired) electrons. The van der Waals surface area contributed by atoms with Gasteiger partial charge in [-0.25, -0.2) is 0 Å². The minimum Gasteiger partial charge on any atom is -0.313 e. The minimum atomic E-state index is -0.588. The summed E-state index contributed by atoms with van der Waals surface area (Å²) in [7, 11) is 0. The lowest BCUT2D eigenvalue weighted by Crippen LogP contribution is -2.47. The lowest BCUT2D eigenvalue weighted by Gasteiger charge is -2.52. The van der Waals surface area contributed by atoms with Crippen LogP contribution in [-0.2, 0) is 17.3 Å². The molecule has 76 heavy (non-hydrogen) atoms. The highest BCUT2D eigenvalue weighted by molar-refractivity contribution is 5.99. The average molecular weight is 971 g/mol. The molecule has 3 unspecified atom stereocenters. The third-order valence-corrected chi connectivity index (χ3v) is 18.1. The van der Waals surface area contributed by atoms with E-state index >= 15 is 0 Å². The largest absolute Gasteiger partial charge is 0.313 e. The maximum absolute atomic E-state index is 2.62. The molecule has 0 bridgehead atoms. The molecule has 16 rings (SSSR count). The smallest absolute Gasteiger partial charge is 0.0720 e. The number of benzene rings is 9. The van der Waals surface area contributed by atoms with Crippen LogP contribution >= 0.6 is 0 Å². The lowest BCUT2D eigenvalue weighted by molar-refractivity contribution is 0.433. The number of aromatic nitrogens is 1. The van der Waals surface area contributed by atoms with Gasteiger partial charge in [0.1, 0.15) is 0 Å².